The van der Waals surface area contributed by atoms with Gasteiger partial charge >= 0.3 is 0 Å². The van der Waals surface area contributed by atoms with Gasteiger partial charge in [-0.1, -0.05) is 34.1 Å². The van der Waals surface area contributed by atoms with Crippen LogP contribution in [-0.4, -0.2) is 36.6 Å². The zero-order valence-corrected chi connectivity index (χ0v) is 13.5. The third-order valence-electron chi connectivity index (χ3n) is 5.59. The highest BCUT2D eigenvalue weighted by atomic mass is 79.9. The van der Waals surface area contributed by atoms with Gasteiger partial charge in [0.2, 0.25) is 0 Å². The van der Waals surface area contributed by atoms with Crippen molar-refractivity contribution < 1.29 is 0 Å². The number of rotatable bonds is 3. The van der Waals surface area contributed by atoms with Crippen LogP contribution in [-0.2, 0) is 0 Å². The maximum Gasteiger partial charge on any atom is 0.0226 e. The molecule has 1 aliphatic carbocycles. The topological polar surface area (TPSA) is 15.3 Å². The van der Waals surface area contributed by atoms with Gasteiger partial charge in [-0.25, -0.2) is 0 Å². The molecule has 5 rings (SSSR count). The second-order valence-electron chi connectivity index (χ2n) is 6.80. The smallest absolute Gasteiger partial charge is 0.0226 e. The number of hydrogen-bond donors (Lipinski definition) is 1. The highest BCUT2D eigenvalue weighted by molar-refractivity contribution is 9.10. The van der Waals surface area contributed by atoms with E-state index in [2.05, 4.69) is 50.4 Å². The molecule has 2 nitrogen and oxygen atoms in total. The summed E-state index contributed by atoms with van der Waals surface area (Å²) in [6.07, 6.45) is 5.45. The van der Waals surface area contributed by atoms with Gasteiger partial charge in [0, 0.05) is 23.1 Å². The SMILES string of the molecule is Brc1ccccc1C1CC(NC2CN3CCC2CC3)C1. The maximum absolute atomic E-state index is 3.95. The highest BCUT2D eigenvalue weighted by Crippen LogP contribution is 2.41. The van der Waals surface area contributed by atoms with Crippen molar-refractivity contribution in [1.82, 2.24) is 10.2 Å². The van der Waals surface area contributed by atoms with Gasteiger partial charge in [0.1, 0.15) is 0 Å². The van der Waals surface area contributed by atoms with Gasteiger partial charge in [-0.3, -0.25) is 0 Å². The minimum atomic E-state index is 0.748. The van der Waals surface area contributed by atoms with Gasteiger partial charge < -0.3 is 10.2 Å². The molecule has 1 saturated carbocycles. The summed E-state index contributed by atoms with van der Waals surface area (Å²) in [6, 6.07) is 10.2. The quantitative estimate of drug-likeness (QED) is 0.911. The Morgan fingerprint density at radius 1 is 1.10 bits per heavy atom. The largest absolute Gasteiger partial charge is 0.310 e. The molecule has 1 aromatic rings. The first kappa shape index (κ1) is 13.3. The molecule has 108 valence electrons. The lowest BCUT2D eigenvalue weighted by atomic mass is 9.74. The van der Waals surface area contributed by atoms with Gasteiger partial charge in [-0.15, -0.1) is 0 Å². The molecule has 3 aliphatic heterocycles. The van der Waals surface area contributed by atoms with Crippen LogP contribution < -0.4 is 5.32 Å². The molecule has 1 N–H and O–H groups in total. The molecule has 0 aromatic heterocycles. The van der Waals surface area contributed by atoms with Crippen molar-refractivity contribution in [3.05, 3.63) is 34.3 Å². The number of piperidine rings is 3. The number of hydrogen-bond acceptors (Lipinski definition) is 2. The van der Waals surface area contributed by atoms with Crippen molar-refractivity contribution in [3.63, 3.8) is 0 Å². The lowest BCUT2D eigenvalue weighted by Gasteiger charge is -2.48. The third kappa shape index (κ3) is 2.44. The van der Waals surface area contributed by atoms with Crippen LogP contribution in [0.1, 0.15) is 37.2 Å². The summed E-state index contributed by atoms with van der Waals surface area (Å²) in [5.74, 6) is 1.70. The molecular formula is C17H23BrN2. The summed E-state index contributed by atoms with van der Waals surface area (Å²) in [5, 5.41) is 3.95. The molecule has 3 heterocycles. The van der Waals surface area contributed by atoms with E-state index in [9.17, 15) is 0 Å². The van der Waals surface area contributed by atoms with E-state index in [-0.39, 0.29) is 0 Å². The summed E-state index contributed by atoms with van der Waals surface area (Å²) in [6.45, 7) is 3.97. The average Bonchev–Trinajstić information content (AvgIpc) is 2.45. The van der Waals surface area contributed by atoms with Crippen molar-refractivity contribution in [3.8, 4) is 0 Å². The molecule has 3 saturated heterocycles. The van der Waals surface area contributed by atoms with Crippen LogP contribution in [0.4, 0.5) is 0 Å². The van der Waals surface area contributed by atoms with Gasteiger partial charge in [0.25, 0.3) is 0 Å². The van der Waals surface area contributed by atoms with Crippen LogP contribution in [0.25, 0.3) is 0 Å². The van der Waals surface area contributed by atoms with E-state index in [1.807, 2.05) is 0 Å². The first-order valence-electron chi connectivity index (χ1n) is 8.02. The van der Waals surface area contributed by atoms with Crippen LogP contribution >= 0.6 is 15.9 Å². The lowest BCUT2D eigenvalue weighted by molar-refractivity contribution is 0.0584. The van der Waals surface area contributed by atoms with E-state index in [0.29, 0.717) is 0 Å². The second kappa shape index (κ2) is 5.43. The Morgan fingerprint density at radius 2 is 1.85 bits per heavy atom. The van der Waals surface area contributed by atoms with E-state index in [0.717, 1.165) is 23.9 Å². The van der Waals surface area contributed by atoms with Crippen molar-refractivity contribution in [2.75, 3.05) is 19.6 Å². The fourth-order valence-corrected chi connectivity index (χ4v) is 4.88. The van der Waals surface area contributed by atoms with Crippen molar-refractivity contribution in [1.29, 1.82) is 0 Å². The van der Waals surface area contributed by atoms with Crippen LogP contribution in [0.3, 0.4) is 0 Å². The van der Waals surface area contributed by atoms with Crippen LogP contribution in [0.5, 0.6) is 0 Å². The predicted molar refractivity (Wildman–Crippen MR) is 86.0 cm³/mol. The number of halogens is 1. The Kier molecular flexibility index (Phi) is 3.61. The summed E-state index contributed by atoms with van der Waals surface area (Å²) >= 11 is 3.69. The Balaban J connectivity index is 1.32. The molecule has 1 unspecified atom stereocenters. The summed E-state index contributed by atoms with van der Waals surface area (Å²) in [5.41, 5.74) is 1.50. The van der Waals surface area contributed by atoms with Crippen molar-refractivity contribution in [2.45, 2.75) is 43.7 Å². The lowest BCUT2D eigenvalue weighted by Crippen LogP contribution is -2.59. The zero-order valence-electron chi connectivity index (χ0n) is 11.9. The van der Waals surface area contributed by atoms with E-state index >= 15 is 0 Å². The van der Waals surface area contributed by atoms with Crippen LogP contribution in [0.2, 0.25) is 0 Å². The highest BCUT2D eigenvalue weighted by Gasteiger charge is 2.38. The molecule has 1 aromatic carbocycles. The molecule has 1 atom stereocenters. The Morgan fingerprint density at radius 3 is 2.50 bits per heavy atom. The normalized spacial score (nSPS) is 39.5. The van der Waals surface area contributed by atoms with Gasteiger partial charge in [0.05, 0.1) is 0 Å². The minimum absolute atomic E-state index is 0.748. The van der Waals surface area contributed by atoms with Gasteiger partial charge in [-0.2, -0.15) is 0 Å². The number of nitrogens with zero attached hydrogens (tertiary/aromatic N) is 1. The molecule has 4 fully saturated rings. The molecule has 0 spiro atoms. The van der Waals surface area contributed by atoms with E-state index in [4.69, 9.17) is 0 Å². The molecular weight excluding hydrogens is 312 g/mol. The number of benzene rings is 1. The standard InChI is InChI=1S/C17H23BrN2/c18-16-4-2-1-3-15(16)13-9-14(10-13)19-17-11-20-7-5-12(17)6-8-20/h1-4,12-14,17,19H,5-11H2. The van der Waals surface area contributed by atoms with Crippen molar-refractivity contribution in [2.24, 2.45) is 5.92 Å². The van der Waals surface area contributed by atoms with Gasteiger partial charge in [0.15, 0.2) is 0 Å². The summed E-state index contributed by atoms with van der Waals surface area (Å²) in [7, 11) is 0. The minimum Gasteiger partial charge on any atom is -0.310 e. The molecule has 0 amide bonds. The summed E-state index contributed by atoms with van der Waals surface area (Å²) < 4.78 is 1.28. The molecule has 4 aliphatic rings. The number of fused-ring (bicyclic) bond motifs is 3. The first-order chi connectivity index (χ1) is 9.79. The van der Waals surface area contributed by atoms with E-state index in [1.54, 1.807) is 0 Å². The second-order valence-corrected chi connectivity index (χ2v) is 7.65. The van der Waals surface area contributed by atoms with E-state index in [1.165, 1.54) is 55.4 Å². The maximum atomic E-state index is 3.95. The fourth-order valence-electron chi connectivity index (χ4n) is 4.27. The zero-order chi connectivity index (χ0) is 13.5. The molecule has 2 bridgehead atoms. The Labute approximate surface area is 130 Å². The monoisotopic (exact) mass is 334 g/mol. The summed E-state index contributed by atoms with van der Waals surface area (Å²) in [4.78, 5) is 2.64. The molecule has 0 radical (unpaired) electrons. The average molecular weight is 335 g/mol. The fraction of sp³-hybridized carbons (Fsp3) is 0.647. The molecule has 3 heteroatoms. The number of nitrogens with one attached hydrogen (secondary N) is 1. The first-order valence-corrected chi connectivity index (χ1v) is 8.82. The van der Waals surface area contributed by atoms with Crippen LogP contribution in [0.15, 0.2) is 28.7 Å². The molecule has 20 heavy (non-hydrogen) atoms. The predicted octanol–water partition coefficient (Wildman–Crippen LogP) is 3.38. The van der Waals surface area contributed by atoms with Gasteiger partial charge in [-0.05, 0) is 62.2 Å². The Bertz CT molecular complexity index is 476. The van der Waals surface area contributed by atoms with Crippen molar-refractivity contribution >= 4 is 15.9 Å². The van der Waals surface area contributed by atoms with Crippen LogP contribution in [0, 0.1) is 5.92 Å². The Hall–Kier alpha value is -0.380. The van der Waals surface area contributed by atoms with E-state index < -0.39 is 0 Å². The third-order valence-corrected chi connectivity index (χ3v) is 6.31.